The van der Waals surface area contributed by atoms with Crippen LogP contribution in [0, 0.1) is 6.92 Å². The van der Waals surface area contributed by atoms with Crippen LogP contribution in [-0.2, 0) is 0 Å². The molecule has 7 heteroatoms. The summed E-state index contributed by atoms with van der Waals surface area (Å²) in [7, 11) is 0. The number of nitrogens with zero attached hydrogens (tertiary/aromatic N) is 4. The fraction of sp³-hybridized carbons (Fsp3) is 0.375. The van der Waals surface area contributed by atoms with E-state index in [-0.39, 0.29) is 5.91 Å². The van der Waals surface area contributed by atoms with Crippen LogP contribution in [0.4, 0.5) is 11.5 Å². The molecule has 2 aromatic rings. The van der Waals surface area contributed by atoms with Gasteiger partial charge in [0, 0.05) is 18.8 Å². The maximum absolute atomic E-state index is 12.3. The highest BCUT2D eigenvalue weighted by Crippen LogP contribution is 2.18. The minimum atomic E-state index is -0.279. The molecule has 2 heterocycles. The van der Waals surface area contributed by atoms with E-state index in [0.717, 1.165) is 37.2 Å². The average Bonchev–Trinajstić information content (AvgIpc) is 3.05. The zero-order valence-corrected chi connectivity index (χ0v) is 13.1. The first-order valence-electron chi connectivity index (χ1n) is 7.80. The number of H-pyrrole nitrogens is 1. The van der Waals surface area contributed by atoms with E-state index in [1.54, 1.807) is 0 Å². The largest absolute Gasteiger partial charge is 0.339 e. The van der Waals surface area contributed by atoms with Gasteiger partial charge in [0.1, 0.15) is 0 Å². The molecule has 0 aliphatic carbocycles. The van der Waals surface area contributed by atoms with Crippen molar-refractivity contribution >= 4 is 17.4 Å². The average molecular weight is 312 g/mol. The van der Waals surface area contributed by atoms with Gasteiger partial charge in [-0.05, 0) is 38.3 Å². The molecule has 23 heavy (non-hydrogen) atoms. The monoisotopic (exact) mass is 312 g/mol. The number of aromatic nitrogens is 2. The Kier molecular flexibility index (Phi) is 4.65. The van der Waals surface area contributed by atoms with Gasteiger partial charge in [-0.1, -0.05) is 22.9 Å². The van der Waals surface area contributed by atoms with Crippen molar-refractivity contribution in [3.63, 3.8) is 0 Å². The summed E-state index contributed by atoms with van der Waals surface area (Å²) in [6.07, 6.45) is 4.94. The molecule has 1 aromatic heterocycles. The third-order valence-corrected chi connectivity index (χ3v) is 3.75. The number of aromatic amines is 1. The Labute approximate surface area is 134 Å². The molecule has 1 aliphatic heterocycles. The van der Waals surface area contributed by atoms with Gasteiger partial charge in [0.2, 0.25) is 5.82 Å². The fourth-order valence-corrected chi connectivity index (χ4v) is 2.43. The number of anilines is 1. The van der Waals surface area contributed by atoms with Gasteiger partial charge in [-0.15, -0.1) is 5.11 Å². The molecule has 7 nitrogen and oxygen atoms in total. The zero-order chi connectivity index (χ0) is 16.1. The van der Waals surface area contributed by atoms with Gasteiger partial charge in [0.25, 0.3) is 5.91 Å². The lowest BCUT2D eigenvalue weighted by Gasteiger charge is -2.21. The standard InChI is InChI=1S/C16H20N6O/c1-12-5-7-13(8-6-12)19-16(23)14-15(18-11-17-14)20-21-22-9-3-2-4-10-22/h5-8,11H,2-4,9-10H2,1H3,(H,17,18)(H,19,23)/b21-20+. The molecule has 2 N–H and O–H groups in total. The molecule has 0 radical (unpaired) electrons. The molecule has 1 aromatic carbocycles. The van der Waals surface area contributed by atoms with Crippen molar-refractivity contribution in [1.29, 1.82) is 0 Å². The summed E-state index contributed by atoms with van der Waals surface area (Å²) in [5.41, 5.74) is 2.18. The summed E-state index contributed by atoms with van der Waals surface area (Å²) in [5, 5.41) is 13.0. The summed E-state index contributed by atoms with van der Waals surface area (Å²) in [6, 6.07) is 7.61. The van der Waals surface area contributed by atoms with Crippen molar-refractivity contribution in [1.82, 2.24) is 15.0 Å². The second-order valence-electron chi connectivity index (χ2n) is 5.63. The Bertz CT molecular complexity index is 685. The van der Waals surface area contributed by atoms with E-state index in [9.17, 15) is 4.79 Å². The van der Waals surface area contributed by atoms with E-state index >= 15 is 0 Å². The molecule has 0 atom stereocenters. The van der Waals surface area contributed by atoms with Crippen molar-refractivity contribution in [3.8, 4) is 0 Å². The van der Waals surface area contributed by atoms with E-state index < -0.39 is 0 Å². The van der Waals surface area contributed by atoms with E-state index in [2.05, 4.69) is 25.6 Å². The van der Waals surface area contributed by atoms with Gasteiger partial charge in [-0.25, -0.2) is 4.98 Å². The number of hydrogen-bond acceptors (Lipinski definition) is 4. The number of hydrogen-bond donors (Lipinski definition) is 2. The predicted octanol–water partition coefficient (Wildman–Crippen LogP) is 3.46. The SMILES string of the molecule is Cc1ccc(NC(=O)c2[nH]cnc2/N=N/N2CCCCC2)cc1. The smallest absolute Gasteiger partial charge is 0.276 e. The Balaban J connectivity index is 1.68. The Hall–Kier alpha value is -2.70. The molecule has 120 valence electrons. The first-order valence-corrected chi connectivity index (χ1v) is 7.80. The van der Waals surface area contributed by atoms with Crippen molar-refractivity contribution in [3.05, 3.63) is 41.9 Å². The van der Waals surface area contributed by atoms with Gasteiger partial charge >= 0.3 is 0 Å². The molecular formula is C16H20N6O. The van der Waals surface area contributed by atoms with Crippen LogP contribution < -0.4 is 5.32 Å². The number of amides is 1. The molecule has 0 saturated carbocycles. The number of imidazole rings is 1. The zero-order valence-electron chi connectivity index (χ0n) is 13.1. The van der Waals surface area contributed by atoms with Crippen molar-refractivity contribution in [2.75, 3.05) is 18.4 Å². The predicted molar refractivity (Wildman–Crippen MR) is 87.7 cm³/mol. The van der Waals surface area contributed by atoms with Crippen LogP contribution in [0.15, 0.2) is 40.9 Å². The summed E-state index contributed by atoms with van der Waals surface area (Å²) >= 11 is 0. The summed E-state index contributed by atoms with van der Waals surface area (Å²) in [6.45, 7) is 3.80. The number of piperidine rings is 1. The first-order chi connectivity index (χ1) is 11.2. The van der Waals surface area contributed by atoms with Crippen molar-refractivity contribution in [2.24, 2.45) is 10.3 Å². The van der Waals surface area contributed by atoms with E-state index in [4.69, 9.17) is 0 Å². The third-order valence-electron chi connectivity index (χ3n) is 3.75. The van der Waals surface area contributed by atoms with Crippen molar-refractivity contribution < 1.29 is 4.79 Å². The Morgan fingerprint density at radius 1 is 1.22 bits per heavy atom. The second kappa shape index (κ2) is 7.04. The Morgan fingerprint density at radius 3 is 2.70 bits per heavy atom. The first kappa shape index (κ1) is 15.2. The summed E-state index contributed by atoms with van der Waals surface area (Å²) < 4.78 is 0. The number of rotatable bonds is 4. The van der Waals surface area contributed by atoms with Crippen LogP contribution in [-0.4, -0.2) is 34.0 Å². The van der Waals surface area contributed by atoms with Gasteiger partial charge in [-0.3, -0.25) is 9.80 Å². The maximum Gasteiger partial charge on any atom is 0.276 e. The lowest BCUT2D eigenvalue weighted by molar-refractivity contribution is 0.102. The highest BCUT2D eigenvalue weighted by atomic mass is 16.1. The van der Waals surface area contributed by atoms with Crippen molar-refractivity contribution in [2.45, 2.75) is 26.2 Å². The Morgan fingerprint density at radius 2 is 1.96 bits per heavy atom. The van der Waals surface area contributed by atoms with Gasteiger partial charge in [0.15, 0.2) is 5.69 Å². The topological polar surface area (TPSA) is 85.7 Å². The van der Waals surface area contributed by atoms with Crippen LogP contribution in [0.5, 0.6) is 0 Å². The number of benzene rings is 1. The quantitative estimate of drug-likeness (QED) is 0.848. The van der Waals surface area contributed by atoms with Gasteiger partial charge in [0.05, 0.1) is 6.33 Å². The van der Waals surface area contributed by atoms with E-state index in [1.165, 1.54) is 12.7 Å². The number of aryl methyl sites for hydroxylation is 1. The minimum absolute atomic E-state index is 0.279. The normalized spacial score (nSPS) is 15.1. The number of carbonyl (C=O) groups is 1. The van der Waals surface area contributed by atoms with Crippen LogP contribution in [0.2, 0.25) is 0 Å². The molecule has 0 unspecified atom stereocenters. The third kappa shape index (κ3) is 3.94. The number of nitrogens with one attached hydrogen (secondary N) is 2. The highest BCUT2D eigenvalue weighted by Gasteiger charge is 2.15. The molecule has 1 saturated heterocycles. The second-order valence-corrected chi connectivity index (χ2v) is 5.63. The summed E-state index contributed by atoms with van der Waals surface area (Å²) in [4.78, 5) is 19.2. The van der Waals surface area contributed by atoms with Gasteiger partial charge < -0.3 is 10.3 Å². The molecule has 1 aliphatic rings. The highest BCUT2D eigenvalue weighted by molar-refractivity contribution is 6.05. The molecular weight excluding hydrogens is 292 g/mol. The fourth-order valence-electron chi connectivity index (χ4n) is 2.43. The van der Waals surface area contributed by atoms with E-state index in [1.807, 2.05) is 36.2 Å². The van der Waals surface area contributed by atoms with E-state index in [0.29, 0.717) is 11.5 Å². The molecule has 3 rings (SSSR count). The van der Waals surface area contributed by atoms with Crippen LogP contribution >= 0.6 is 0 Å². The van der Waals surface area contributed by atoms with Crippen LogP contribution in [0.1, 0.15) is 35.3 Å². The molecule has 0 spiro atoms. The number of carbonyl (C=O) groups excluding carboxylic acids is 1. The lowest BCUT2D eigenvalue weighted by Crippen LogP contribution is -2.23. The minimum Gasteiger partial charge on any atom is -0.339 e. The van der Waals surface area contributed by atoms with Gasteiger partial charge in [-0.2, -0.15) is 0 Å². The maximum atomic E-state index is 12.3. The lowest BCUT2D eigenvalue weighted by atomic mass is 10.2. The molecule has 0 bridgehead atoms. The van der Waals surface area contributed by atoms with Crippen LogP contribution in [0.3, 0.4) is 0 Å². The van der Waals surface area contributed by atoms with Crippen LogP contribution in [0.25, 0.3) is 0 Å². The molecule has 1 amide bonds. The summed E-state index contributed by atoms with van der Waals surface area (Å²) in [5.74, 6) is 0.0270. The molecule has 1 fully saturated rings.